The Morgan fingerprint density at radius 2 is 2.00 bits per heavy atom. The molecule has 0 radical (unpaired) electrons. The number of rotatable bonds is 6. The number of unbranched alkanes of at least 4 members (excludes halogenated alkanes) is 1. The summed E-state index contributed by atoms with van der Waals surface area (Å²) in [5.41, 5.74) is 4.30. The Morgan fingerprint density at radius 1 is 1.32 bits per heavy atom. The molecule has 7 heteroatoms. The lowest BCUT2D eigenvalue weighted by atomic mass is 10.1. The van der Waals surface area contributed by atoms with Gasteiger partial charge in [0.15, 0.2) is 0 Å². The third kappa shape index (κ3) is 5.50. The third-order valence-electron chi connectivity index (χ3n) is 2.45. The van der Waals surface area contributed by atoms with E-state index >= 15 is 0 Å². The van der Waals surface area contributed by atoms with Crippen molar-refractivity contribution in [3.05, 3.63) is 28.2 Å². The molecule has 0 heterocycles. The van der Waals surface area contributed by atoms with Gasteiger partial charge >= 0.3 is 6.18 Å². The number of amides is 1. The standard InChI is InChI=1S/C12H14BrF3N2O/c13-8-4-5-10(9(7-8)12(14,15)16)18-6-2-1-3-11(17)19/h4-5,7,18H,1-3,6H2,(H2,17,19). The van der Waals surface area contributed by atoms with Crippen LogP contribution in [-0.2, 0) is 11.0 Å². The van der Waals surface area contributed by atoms with Crippen molar-refractivity contribution in [2.75, 3.05) is 11.9 Å². The summed E-state index contributed by atoms with van der Waals surface area (Å²) in [4.78, 5) is 10.5. The molecule has 0 bridgehead atoms. The highest BCUT2D eigenvalue weighted by Gasteiger charge is 2.33. The first kappa shape index (κ1) is 15.8. The van der Waals surface area contributed by atoms with Crippen molar-refractivity contribution in [3.63, 3.8) is 0 Å². The first-order valence-corrected chi connectivity index (χ1v) is 6.49. The van der Waals surface area contributed by atoms with Crippen LogP contribution in [0.1, 0.15) is 24.8 Å². The molecule has 0 fully saturated rings. The molecule has 0 saturated heterocycles. The molecule has 3 nitrogen and oxygen atoms in total. The first-order valence-electron chi connectivity index (χ1n) is 5.69. The largest absolute Gasteiger partial charge is 0.418 e. The van der Waals surface area contributed by atoms with Crippen molar-refractivity contribution in [1.82, 2.24) is 0 Å². The number of hydrogen-bond acceptors (Lipinski definition) is 2. The van der Waals surface area contributed by atoms with Crippen LogP contribution < -0.4 is 11.1 Å². The summed E-state index contributed by atoms with van der Waals surface area (Å²) < 4.78 is 38.7. The van der Waals surface area contributed by atoms with Gasteiger partial charge in [0.05, 0.1) is 5.56 Å². The van der Waals surface area contributed by atoms with Crippen LogP contribution in [0.25, 0.3) is 0 Å². The monoisotopic (exact) mass is 338 g/mol. The number of carbonyl (C=O) groups excluding carboxylic acids is 1. The molecule has 0 spiro atoms. The Kier molecular flexibility index (Phi) is 5.65. The van der Waals surface area contributed by atoms with Crippen molar-refractivity contribution in [2.24, 2.45) is 5.73 Å². The van der Waals surface area contributed by atoms with E-state index in [1.54, 1.807) is 6.07 Å². The highest BCUT2D eigenvalue weighted by molar-refractivity contribution is 9.10. The van der Waals surface area contributed by atoms with Gasteiger partial charge in [-0.05, 0) is 31.0 Å². The van der Waals surface area contributed by atoms with E-state index in [0.717, 1.165) is 6.07 Å². The van der Waals surface area contributed by atoms with Crippen LogP contribution in [0.3, 0.4) is 0 Å². The van der Waals surface area contributed by atoms with E-state index in [2.05, 4.69) is 21.2 Å². The Labute approximate surface area is 117 Å². The van der Waals surface area contributed by atoms with Crippen LogP contribution in [0.2, 0.25) is 0 Å². The average Bonchev–Trinajstić information content (AvgIpc) is 2.28. The summed E-state index contributed by atoms with van der Waals surface area (Å²) in [6.07, 6.45) is -3.02. The fourth-order valence-corrected chi connectivity index (χ4v) is 1.91. The molecule has 1 amide bonds. The average molecular weight is 339 g/mol. The molecular weight excluding hydrogens is 325 g/mol. The van der Waals surface area contributed by atoms with E-state index in [9.17, 15) is 18.0 Å². The van der Waals surface area contributed by atoms with Crippen molar-refractivity contribution in [1.29, 1.82) is 0 Å². The van der Waals surface area contributed by atoms with Gasteiger partial charge in [0.2, 0.25) is 5.91 Å². The number of carbonyl (C=O) groups is 1. The fraction of sp³-hybridized carbons (Fsp3) is 0.417. The number of benzene rings is 1. The Bertz CT molecular complexity index is 449. The fourth-order valence-electron chi connectivity index (χ4n) is 1.55. The van der Waals surface area contributed by atoms with Gasteiger partial charge in [0.1, 0.15) is 0 Å². The van der Waals surface area contributed by atoms with Gasteiger partial charge in [-0.25, -0.2) is 0 Å². The molecular formula is C12H14BrF3N2O. The molecule has 1 aromatic rings. The Hall–Kier alpha value is -1.24. The van der Waals surface area contributed by atoms with Crippen LogP contribution in [0, 0.1) is 0 Å². The maximum absolute atomic E-state index is 12.8. The van der Waals surface area contributed by atoms with Crippen LogP contribution >= 0.6 is 15.9 Å². The normalized spacial score (nSPS) is 11.4. The van der Waals surface area contributed by atoms with Crippen LogP contribution in [0.5, 0.6) is 0 Å². The molecule has 0 aliphatic rings. The molecule has 0 atom stereocenters. The molecule has 1 aromatic carbocycles. The van der Waals surface area contributed by atoms with E-state index in [1.807, 2.05) is 0 Å². The second-order valence-electron chi connectivity index (χ2n) is 4.04. The Balaban J connectivity index is 2.61. The van der Waals surface area contributed by atoms with Crippen LogP contribution in [0.4, 0.5) is 18.9 Å². The van der Waals surface area contributed by atoms with Crippen molar-refractivity contribution in [3.8, 4) is 0 Å². The van der Waals surface area contributed by atoms with E-state index in [1.165, 1.54) is 6.07 Å². The molecule has 0 saturated carbocycles. The van der Waals surface area contributed by atoms with Gasteiger partial charge in [-0.2, -0.15) is 13.2 Å². The van der Waals surface area contributed by atoms with Crippen LogP contribution in [-0.4, -0.2) is 12.5 Å². The number of hydrogen-bond donors (Lipinski definition) is 2. The zero-order chi connectivity index (χ0) is 14.5. The lowest BCUT2D eigenvalue weighted by Crippen LogP contribution is -2.13. The number of nitrogens with two attached hydrogens (primary N) is 1. The zero-order valence-corrected chi connectivity index (χ0v) is 11.6. The van der Waals surface area contributed by atoms with Crippen LogP contribution in [0.15, 0.2) is 22.7 Å². The van der Waals surface area contributed by atoms with Gasteiger partial charge in [0, 0.05) is 23.1 Å². The molecule has 0 aliphatic carbocycles. The van der Waals surface area contributed by atoms with E-state index in [-0.39, 0.29) is 12.1 Å². The number of nitrogens with one attached hydrogen (secondary N) is 1. The van der Waals surface area contributed by atoms with Gasteiger partial charge < -0.3 is 11.1 Å². The maximum atomic E-state index is 12.8. The zero-order valence-electron chi connectivity index (χ0n) is 10.1. The summed E-state index contributed by atoms with van der Waals surface area (Å²) in [6, 6.07) is 3.95. The maximum Gasteiger partial charge on any atom is 0.418 e. The molecule has 106 valence electrons. The van der Waals surface area contributed by atoms with Gasteiger partial charge in [-0.15, -0.1) is 0 Å². The minimum absolute atomic E-state index is 0.0368. The number of primary amides is 1. The summed E-state index contributed by atoms with van der Waals surface area (Å²) >= 11 is 3.02. The van der Waals surface area contributed by atoms with Gasteiger partial charge in [-0.3, -0.25) is 4.79 Å². The predicted octanol–water partition coefficient (Wildman–Crippen LogP) is 3.54. The molecule has 3 N–H and O–H groups in total. The second-order valence-corrected chi connectivity index (χ2v) is 4.95. The minimum atomic E-state index is -4.40. The third-order valence-corrected chi connectivity index (χ3v) is 2.95. The van der Waals surface area contributed by atoms with Gasteiger partial charge in [0.25, 0.3) is 0 Å². The van der Waals surface area contributed by atoms with E-state index < -0.39 is 17.6 Å². The number of alkyl halides is 3. The smallest absolute Gasteiger partial charge is 0.385 e. The second kappa shape index (κ2) is 6.79. The molecule has 1 rings (SSSR count). The quantitative estimate of drug-likeness (QED) is 0.779. The van der Waals surface area contributed by atoms with Crippen molar-refractivity contribution >= 4 is 27.5 Å². The molecule has 0 aliphatic heterocycles. The van der Waals surface area contributed by atoms with Gasteiger partial charge in [-0.1, -0.05) is 15.9 Å². The lowest BCUT2D eigenvalue weighted by Gasteiger charge is -2.14. The summed E-state index contributed by atoms with van der Waals surface area (Å²) in [5.74, 6) is -0.403. The molecule has 0 aromatic heterocycles. The van der Waals surface area contributed by atoms with Crippen molar-refractivity contribution in [2.45, 2.75) is 25.4 Å². The highest BCUT2D eigenvalue weighted by Crippen LogP contribution is 2.36. The van der Waals surface area contributed by atoms with E-state index in [4.69, 9.17) is 5.73 Å². The van der Waals surface area contributed by atoms with Crippen molar-refractivity contribution < 1.29 is 18.0 Å². The molecule has 19 heavy (non-hydrogen) atoms. The number of anilines is 1. The van der Waals surface area contributed by atoms with E-state index in [0.29, 0.717) is 23.9 Å². The summed E-state index contributed by atoms with van der Waals surface area (Å²) in [7, 11) is 0. The topological polar surface area (TPSA) is 55.1 Å². The summed E-state index contributed by atoms with van der Waals surface area (Å²) in [5, 5.41) is 2.73. The SMILES string of the molecule is NC(=O)CCCCNc1ccc(Br)cc1C(F)(F)F. The summed E-state index contributed by atoms with van der Waals surface area (Å²) in [6.45, 7) is 0.359. The lowest BCUT2D eigenvalue weighted by molar-refractivity contribution is -0.137. The highest BCUT2D eigenvalue weighted by atomic mass is 79.9. The first-order chi connectivity index (χ1) is 8.80. The Morgan fingerprint density at radius 3 is 2.58 bits per heavy atom. The molecule has 0 unspecified atom stereocenters. The number of halogens is 4. The minimum Gasteiger partial charge on any atom is -0.385 e. The predicted molar refractivity (Wildman–Crippen MR) is 70.7 cm³/mol.